The molecule has 7 nitrogen and oxygen atoms in total. The first kappa shape index (κ1) is 14.0. The number of benzene rings is 1. The van der Waals surface area contributed by atoms with Gasteiger partial charge in [-0.1, -0.05) is 0 Å². The van der Waals surface area contributed by atoms with E-state index in [2.05, 4.69) is 5.32 Å². The maximum atomic E-state index is 11.9. The molecule has 0 bridgehead atoms. The van der Waals surface area contributed by atoms with Crippen LogP contribution in [0.15, 0.2) is 18.2 Å². The summed E-state index contributed by atoms with van der Waals surface area (Å²) in [5.41, 5.74) is 0.269. The SMILES string of the molecule is O=Cc1ccc(NCC(=O)N2CCCC2)c([N+](=O)[O-])c1. The summed E-state index contributed by atoms with van der Waals surface area (Å²) in [6.07, 6.45) is 2.55. The fourth-order valence-electron chi connectivity index (χ4n) is 2.17. The fraction of sp³-hybridized carbons (Fsp3) is 0.385. The van der Waals surface area contributed by atoms with Gasteiger partial charge in [0.2, 0.25) is 5.91 Å². The summed E-state index contributed by atoms with van der Waals surface area (Å²) in [5, 5.41) is 13.7. The molecule has 1 aliphatic rings. The molecule has 1 saturated heterocycles. The van der Waals surface area contributed by atoms with Gasteiger partial charge in [0.15, 0.2) is 0 Å². The lowest BCUT2D eigenvalue weighted by Gasteiger charge is -2.16. The molecule has 1 heterocycles. The fourth-order valence-corrected chi connectivity index (χ4v) is 2.17. The third kappa shape index (κ3) is 3.11. The van der Waals surface area contributed by atoms with E-state index in [0.717, 1.165) is 25.9 Å². The molecular weight excluding hydrogens is 262 g/mol. The Balaban J connectivity index is 2.06. The van der Waals surface area contributed by atoms with E-state index in [4.69, 9.17) is 0 Å². The van der Waals surface area contributed by atoms with Crippen LogP contribution >= 0.6 is 0 Å². The monoisotopic (exact) mass is 277 g/mol. The summed E-state index contributed by atoms with van der Waals surface area (Å²) < 4.78 is 0. The molecule has 2 rings (SSSR count). The van der Waals surface area contributed by atoms with Crippen molar-refractivity contribution in [2.45, 2.75) is 12.8 Å². The van der Waals surface area contributed by atoms with E-state index in [-0.39, 0.29) is 29.4 Å². The second-order valence-electron chi connectivity index (χ2n) is 4.59. The van der Waals surface area contributed by atoms with Crippen LogP contribution in [0.1, 0.15) is 23.2 Å². The summed E-state index contributed by atoms with van der Waals surface area (Å²) in [5.74, 6) is -0.0729. The Morgan fingerprint density at radius 2 is 2.10 bits per heavy atom. The van der Waals surface area contributed by atoms with E-state index in [1.165, 1.54) is 18.2 Å². The molecule has 1 aromatic carbocycles. The topological polar surface area (TPSA) is 92.6 Å². The van der Waals surface area contributed by atoms with E-state index >= 15 is 0 Å². The lowest BCUT2D eigenvalue weighted by Crippen LogP contribution is -2.33. The predicted molar refractivity (Wildman–Crippen MR) is 72.8 cm³/mol. The van der Waals surface area contributed by atoms with Gasteiger partial charge in [-0.05, 0) is 25.0 Å². The van der Waals surface area contributed by atoms with Crippen molar-refractivity contribution in [3.63, 3.8) is 0 Å². The largest absolute Gasteiger partial charge is 0.371 e. The van der Waals surface area contributed by atoms with Gasteiger partial charge in [0.1, 0.15) is 12.0 Å². The molecule has 106 valence electrons. The highest BCUT2D eigenvalue weighted by atomic mass is 16.6. The van der Waals surface area contributed by atoms with Crippen molar-refractivity contribution in [1.82, 2.24) is 4.90 Å². The highest BCUT2D eigenvalue weighted by Gasteiger charge is 2.19. The Hall–Kier alpha value is -2.44. The van der Waals surface area contributed by atoms with Crippen LogP contribution < -0.4 is 5.32 Å². The minimum atomic E-state index is -0.574. The second kappa shape index (κ2) is 6.14. The zero-order chi connectivity index (χ0) is 14.5. The van der Waals surface area contributed by atoms with Crippen molar-refractivity contribution in [3.8, 4) is 0 Å². The Labute approximate surface area is 115 Å². The average molecular weight is 277 g/mol. The standard InChI is InChI=1S/C13H15N3O4/c17-9-10-3-4-11(12(7-10)16(19)20)14-8-13(18)15-5-1-2-6-15/h3-4,7,9,14H,1-2,5-6,8H2. The van der Waals surface area contributed by atoms with Gasteiger partial charge in [-0.3, -0.25) is 19.7 Å². The summed E-state index contributed by atoms with van der Waals surface area (Å²) in [4.78, 5) is 34.6. The van der Waals surface area contributed by atoms with Crippen molar-refractivity contribution < 1.29 is 14.5 Å². The van der Waals surface area contributed by atoms with Gasteiger partial charge < -0.3 is 10.2 Å². The molecular formula is C13H15N3O4. The number of nitrogens with one attached hydrogen (secondary N) is 1. The Morgan fingerprint density at radius 3 is 2.70 bits per heavy atom. The molecule has 0 unspecified atom stereocenters. The van der Waals surface area contributed by atoms with Gasteiger partial charge in [-0.15, -0.1) is 0 Å². The van der Waals surface area contributed by atoms with Gasteiger partial charge in [-0.2, -0.15) is 0 Å². The number of rotatable bonds is 5. The maximum absolute atomic E-state index is 11.9. The minimum absolute atomic E-state index is 0.0152. The van der Waals surface area contributed by atoms with Crippen molar-refractivity contribution in [1.29, 1.82) is 0 Å². The van der Waals surface area contributed by atoms with Crippen LogP contribution in [-0.4, -0.2) is 41.7 Å². The summed E-state index contributed by atoms with van der Waals surface area (Å²) in [6, 6.07) is 4.11. The van der Waals surface area contributed by atoms with Gasteiger partial charge in [-0.25, -0.2) is 0 Å². The number of carbonyl (C=O) groups is 2. The van der Waals surface area contributed by atoms with Gasteiger partial charge in [0.25, 0.3) is 5.69 Å². The van der Waals surface area contributed by atoms with Crippen LogP contribution in [0.3, 0.4) is 0 Å². The maximum Gasteiger partial charge on any atom is 0.293 e. The molecule has 1 fully saturated rings. The number of nitro groups is 1. The van der Waals surface area contributed by atoms with Crippen LogP contribution in [-0.2, 0) is 4.79 Å². The van der Waals surface area contributed by atoms with Crippen molar-refractivity contribution in [3.05, 3.63) is 33.9 Å². The lowest BCUT2D eigenvalue weighted by atomic mass is 10.2. The molecule has 7 heteroatoms. The van der Waals surface area contributed by atoms with Crippen molar-refractivity contribution in [2.75, 3.05) is 25.0 Å². The molecule has 0 radical (unpaired) electrons. The van der Waals surface area contributed by atoms with Crippen molar-refractivity contribution >= 4 is 23.6 Å². The first-order chi connectivity index (χ1) is 9.61. The smallest absolute Gasteiger partial charge is 0.293 e. The number of aldehydes is 1. The normalized spacial score (nSPS) is 14.1. The molecule has 0 aliphatic carbocycles. The molecule has 0 spiro atoms. The number of nitrogens with zero attached hydrogens (tertiary/aromatic N) is 2. The number of likely N-dealkylation sites (tertiary alicyclic amines) is 1. The Bertz CT molecular complexity index is 538. The number of anilines is 1. The first-order valence-corrected chi connectivity index (χ1v) is 6.37. The van der Waals surface area contributed by atoms with Crippen LogP contribution in [0.25, 0.3) is 0 Å². The number of carbonyl (C=O) groups excluding carboxylic acids is 2. The zero-order valence-corrected chi connectivity index (χ0v) is 10.9. The molecule has 0 saturated carbocycles. The Kier molecular flexibility index (Phi) is 4.29. The van der Waals surface area contributed by atoms with Crippen LogP contribution in [0, 0.1) is 10.1 Å². The first-order valence-electron chi connectivity index (χ1n) is 6.37. The Morgan fingerprint density at radius 1 is 1.40 bits per heavy atom. The molecule has 1 aromatic rings. The van der Waals surface area contributed by atoms with E-state index in [9.17, 15) is 19.7 Å². The number of hydrogen-bond donors (Lipinski definition) is 1. The van der Waals surface area contributed by atoms with Crippen molar-refractivity contribution in [2.24, 2.45) is 0 Å². The van der Waals surface area contributed by atoms with Crippen LogP contribution in [0.4, 0.5) is 11.4 Å². The van der Waals surface area contributed by atoms with Crippen LogP contribution in [0.2, 0.25) is 0 Å². The van der Waals surface area contributed by atoms with Gasteiger partial charge >= 0.3 is 0 Å². The number of amides is 1. The predicted octanol–water partition coefficient (Wildman–Crippen LogP) is 1.44. The number of hydrogen-bond acceptors (Lipinski definition) is 5. The summed E-state index contributed by atoms with van der Waals surface area (Å²) >= 11 is 0. The van der Waals surface area contributed by atoms with E-state index < -0.39 is 4.92 Å². The molecule has 1 aliphatic heterocycles. The molecule has 20 heavy (non-hydrogen) atoms. The molecule has 1 amide bonds. The number of nitro benzene ring substituents is 1. The third-order valence-corrected chi connectivity index (χ3v) is 3.24. The van der Waals surface area contributed by atoms with Crippen LogP contribution in [0.5, 0.6) is 0 Å². The lowest BCUT2D eigenvalue weighted by molar-refractivity contribution is -0.384. The summed E-state index contributed by atoms with van der Waals surface area (Å²) in [6.45, 7) is 1.50. The summed E-state index contributed by atoms with van der Waals surface area (Å²) in [7, 11) is 0. The molecule has 0 atom stereocenters. The quantitative estimate of drug-likeness (QED) is 0.499. The zero-order valence-electron chi connectivity index (χ0n) is 10.9. The van der Waals surface area contributed by atoms with Gasteiger partial charge in [0, 0.05) is 24.7 Å². The van der Waals surface area contributed by atoms with E-state index in [1.807, 2.05) is 0 Å². The molecule has 1 N–H and O–H groups in total. The van der Waals surface area contributed by atoms with E-state index in [1.54, 1.807) is 4.90 Å². The minimum Gasteiger partial charge on any atom is -0.371 e. The second-order valence-corrected chi connectivity index (χ2v) is 4.59. The van der Waals surface area contributed by atoms with Gasteiger partial charge in [0.05, 0.1) is 11.5 Å². The van der Waals surface area contributed by atoms with E-state index in [0.29, 0.717) is 6.29 Å². The highest BCUT2D eigenvalue weighted by Crippen LogP contribution is 2.25. The average Bonchev–Trinajstić information content (AvgIpc) is 2.98. The molecule has 0 aromatic heterocycles. The highest BCUT2D eigenvalue weighted by molar-refractivity contribution is 5.83. The third-order valence-electron chi connectivity index (χ3n) is 3.24.